The first-order valence-electron chi connectivity index (χ1n) is 8.60. The molecule has 5 heteroatoms. The van der Waals surface area contributed by atoms with Crippen molar-refractivity contribution in [1.82, 2.24) is 4.90 Å². The Bertz CT molecular complexity index is 737. The first-order chi connectivity index (χ1) is 12.5. The van der Waals surface area contributed by atoms with Gasteiger partial charge in [-0.25, -0.2) is 0 Å². The van der Waals surface area contributed by atoms with E-state index in [1.807, 2.05) is 50.2 Å². The van der Waals surface area contributed by atoms with Crippen LogP contribution in [0, 0.1) is 13.8 Å². The fraction of sp³-hybridized carbons (Fsp3) is 0.381. The van der Waals surface area contributed by atoms with Gasteiger partial charge in [-0.15, -0.1) is 0 Å². The monoisotopic (exact) mass is 357 g/mol. The van der Waals surface area contributed by atoms with Crippen LogP contribution >= 0.6 is 0 Å². The average Bonchev–Trinajstić information content (AvgIpc) is 2.65. The van der Waals surface area contributed by atoms with E-state index in [9.17, 15) is 4.79 Å². The Labute approximate surface area is 155 Å². The van der Waals surface area contributed by atoms with Gasteiger partial charge < -0.3 is 19.1 Å². The van der Waals surface area contributed by atoms with Gasteiger partial charge in [0, 0.05) is 13.6 Å². The molecule has 0 atom stereocenters. The Kier molecular flexibility index (Phi) is 6.89. The van der Waals surface area contributed by atoms with Crippen molar-refractivity contribution in [2.75, 3.05) is 34.4 Å². The Hall–Kier alpha value is -2.69. The normalized spacial score (nSPS) is 10.3. The number of para-hydroxylation sites is 1. The van der Waals surface area contributed by atoms with Crippen LogP contribution in [0.1, 0.15) is 16.7 Å². The van der Waals surface area contributed by atoms with Gasteiger partial charge in [-0.3, -0.25) is 4.79 Å². The Morgan fingerprint density at radius 3 is 2.27 bits per heavy atom. The van der Waals surface area contributed by atoms with Crippen LogP contribution in [-0.4, -0.2) is 45.2 Å². The number of rotatable bonds is 8. The quantitative estimate of drug-likeness (QED) is 0.726. The van der Waals surface area contributed by atoms with Crippen molar-refractivity contribution < 1.29 is 19.0 Å². The molecule has 2 aromatic rings. The summed E-state index contributed by atoms with van der Waals surface area (Å²) in [5.74, 6) is 2.13. The second-order valence-electron chi connectivity index (χ2n) is 6.26. The first-order valence-corrected chi connectivity index (χ1v) is 8.60. The highest BCUT2D eigenvalue weighted by Crippen LogP contribution is 2.27. The zero-order valence-electron chi connectivity index (χ0n) is 16.2. The van der Waals surface area contributed by atoms with Gasteiger partial charge >= 0.3 is 0 Å². The Morgan fingerprint density at radius 2 is 1.65 bits per heavy atom. The highest BCUT2D eigenvalue weighted by molar-refractivity contribution is 5.77. The SMILES string of the molecule is COc1ccc(CCN(C)C(=O)COc2c(C)cccc2C)cc1OC. The van der Waals surface area contributed by atoms with Crippen LogP contribution in [0.2, 0.25) is 0 Å². The van der Waals surface area contributed by atoms with E-state index in [-0.39, 0.29) is 12.5 Å². The van der Waals surface area contributed by atoms with Crippen molar-refractivity contribution in [3.05, 3.63) is 53.1 Å². The molecule has 2 rings (SSSR count). The minimum absolute atomic E-state index is 0.0358. The summed E-state index contributed by atoms with van der Waals surface area (Å²) in [6.45, 7) is 4.60. The van der Waals surface area contributed by atoms with Crippen molar-refractivity contribution in [1.29, 1.82) is 0 Å². The summed E-state index contributed by atoms with van der Waals surface area (Å²) in [7, 11) is 5.01. The molecule has 0 unspecified atom stereocenters. The van der Waals surface area contributed by atoms with Gasteiger partial charge in [0.2, 0.25) is 0 Å². The van der Waals surface area contributed by atoms with Gasteiger partial charge in [0.15, 0.2) is 18.1 Å². The number of likely N-dealkylation sites (N-methyl/N-ethyl adjacent to an activating group) is 1. The molecular formula is C21H27NO4. The second-order valence-corrected chi connectivity index (χ2v) is 6.26. The van der Waals surface area contributed by atoms with Crippen LogP contribution < -0.4 is 14.2 Å². The van der Waals surface area contributed by atoms with E-state index in [2.05, 4.69) is 0 Å². The van der Waals surface area contributed by atoms with Crippen LogP contribution in [0.5, 0.6) is 17.2 Å². The predicted molar refractivity (Wildman–Crippen MR) is 102 cm³/mol. The molecule has 5 nitrogen and oxygen atoms in total. The smallest absolute Gasteiger partial charge is 0.260 e. The maximum Gasteiger partial charge on any atom is 0.260 e. The van der Waals surface area contributed by atoms with Gasteiger partial charge in [0.25, 0.3) is 5.91 Å². The summed E-state index contributed by atoms with van der Waals surface area (Å²) < 4.78 is 16.3. The van der Waals surface area contributed by atoms with E-state index in [0.717, 1.165) is 28.9 Å². The zero-order valence-corrected chi connectivity index (χ0v) is 16.2. The Morgan fingerprint density at radius 1 is 1.00 bits per heavy atom. The van der Waals surface area contributed by atoms with Crippen LogP contribution in [0.4, 0.5) is 0 Å². The molecule has 0 fully saturated rings. The largest absolute Gasteiger partial charge is 0.493 e. The van der Waals surface area contributed by atoms with E-state index < -0.39 is 0 Å². The van der Waals surface area contributed by atoms with Crippen molar-refractivity contribution in [2.24, 2.45) is 0 Å². The summed E-state index contributed by atoms with van der Waals surface area (Å²) in [6, 6.07) is 11.7. The molecule has 0 radical (unpaired) electrons. The summed E-state index contributed by atoms with van der Waals surface area (Å²) in [4.78, 5) is 14.0. The summed E-state index contributed by atoms with van der Waals surface area (Å²) >= 11 is 0. The van der Waals surface area contributed by atoms with Crippen molar-refractivity contribution in [3.63, 3.8) is 0 Å². The van der Waals surface area contributed by atoms with Crippen molar-refractivity contribution in [2.45, 2.75) is 20.3 Å². The molecule has 0 bridgehead atoms. The molecule has 26 heavy (non-hydrogen) atoms. The maximum atomic E-state index is 12.3. The summed E-state index contributed by atoms with van der Waals surface area (Å²) in [5, 5.41) is 0. The molecule has 140 valence electrons. The van der Waals surface area contributed by atoms with Crippen LogP contribution in [0.25, 0.3) is 0 Å². The van der Waals surface area contributed by atoms with Crippen LogP contribution in [0.3, 0.4) is 0 Å². The minimum atomic E-state index is -0.0480. The fourth-order valence-corrected chi connectivity index (χ4v) is 2.73. The minimum Gasteiger partial charge on any atom is -0.493 e. The standard InChI is InChI=1S/C21H27NO4/c1-15-7-6-8-16(2)21(15)26-14-20(23)22(3)12-11-17-9-10-18(24-4)19(13-17)25-5/h6-10,13H,11-12,14H2,1-5H3. The average molecular weight is 357 g/mol. The second kappa shape index (κ2) is 9.13. The van der Waals surface area contributed by atoms with Gasteiger partial charge in [-0.2, -0.15) is 0 Å². The third-order valence-electron chi connectivity index (χ3n) is 4.36. The van der Waals surface area contributed by atoms with E-state index in [1.54, 1.807) is 26.2 Å². The van der Waals surface area contributed by atoms with Crippen LogP contribution in [-0.2, 0) is 11.2 Å². The molecule has 0 aromatic heterocycles. The highest BCUT2D eigenvalue weighted by Gasteiger charge is 2.12. The van der Waals surface area contributed by atoms with Gasteiger partial charge in [0.05, 0.1) is 14.2 Å². The van der Waals surface area contributed by atoms with E-state index >= 15 is 0 Å². The molecule has 0 saturated carbocycles. The number of hydrogen-bond donors (Lipinski definition) is 0. The highest BCUT2D eigenvalue weighted by atomic mass is 16.5. The fourth-order valence-electron chi connectivity index (χ4n) is 2.73. The number of carbonyl (C=O) groups excluding carboxylic acids is 1. The molecule has 2 aromatic carbocycles. The molecule has 0 saturated heterocycles. The summed E-state index contributed by atoms with van der Waals surface area (Å²) in [6.07, 6.45) is 0.728. The van der Waals surface area contributed by atoms with Gasteiger partial charge in [-0.05, 0) is 49.1 Å². The lowest BCUT2D eigenvalue weighted by Gasteiger charge is -2.19. The van der Waals surface area contributed by atoms with Gasteiger partial charge in [0.1, 0.15) is 5.75 Å². The number of aryl methyl sites for hydroxylation is 2. The number of amides is 1. The van der Waals surface area contributed by atoms with E-state index in [1.165, 1.54) is 0 Å². The lowest BCUT2D eigenvalue weighted by molar-refractivity contribution is -0.132. The molecular weight excluding hydrogens is 330 g/mol. The first kappa shape index (κ1) is 19.6. The molecule has 0 aliphatic heterocycles. The number of benzene rings is 2. The molecule has 0 heterocycles. The molecule has 0 aliphatic rings. The maximum absolute atomic E-state index is 12.3. The van der Waals surface area contributed by atoms with E-state index in [4.69, 9.17) is 14.2 Å². The number of carbonyl (C=O) groups is 1. The number of nitrogens with zero attached hydrogens (tertiary/aromatic N) is 1. The van der Waals surface area contributed by atoms with Crippen molar-refractivity contribution >= 4 is 5.91 Å². The molecule has 0 spiro atoms. The molecule has 0 aliphatic carbocycles. The lowest BCUT2D eigenvalue weighted by atomic mass is 10.1. The van der Waals surface area contributed by atoms with E-state index in [0.29, 0.717) is 18.0 Å². The molecule has 0 N–H and O–H groups in total. The Balaban J connectivity index is 1.89. The molecule has 1 amide bonds. The third kappa shape index (κ3) is 4.91. The number of hydrogen-bond acceptors (Lipinski definition) is 4. The van der Waals surface area contributed by atoms with Gasteiger partial charge in [-0.1, -0.05) is 24.3 Å². The number of methoxy groups -OCH3 is 2. The van der Waals surface area contributed by atoms with Crippen molar-refractivity contribution in [3.8, 4) is 17.2 Å². The van der Waals surface area contributed by atoms with Crippen LogP contribution in [0.15, 0.2) is 36.4 Å². The summed E-state index contributed by atoms with van der Waals surface area (Å²) in [5.41, 5.74) is 3.15. The lowest BCUT2D eigenvalue weighted by Crippen LogP contribution is -2.33. The topological polar surface area (TPSA) is 48.0 Å². The third-order valence-corrected chi connectivity index (χ3v) is 4.36. The zero-order chi connectivity index (χ0) is 19.1. The number of ether oxygens (including phenoxy) is 3. The predicted octanol–water partition coefficient (Wildman–Crippen LogP) is 3.40.